The molecule has 4 rings (SSSR count). The Morgan fingerprint density at radius 2 is 2.32 bits per heavy atom. The Morgan fingerprint density at radius 3 is 3.08 bits per heavy atom. The lowest BCUT2D eigenvalue weighted by molar-refractivity contribution is 0.0904. The molecule has 0 aliphatic carbocycles. The zero-order valence-corrected chi connectivity index (χ0v) is 15.0. The topological polar surface area (TPSA) is 67.4 Å². The van der Waals surface area contributed by atoms with E-state index < -0.39 is 0 Å². The van der Waals surface area contributed by atoms with Gasteiger partial charge in [0.1, 0.15) is 0 Å². The second kappa shape index (κ2) is 7.19. The van der Waals surface area contributed by atoms with Gasteiger partial charge in [-0.2, -0.15) is 10.2 Å². The molecule has 2 saturated heterocycles. The fraction of sp³-hybridized carbons (Fsp3) is 0.500. The van der Waals surface area contributed by atoms with Crippen LogP contribution in [0.1, 0.15) is 20.8 Å². The van der Waals surface area contributed by atoms with Crippen LogP contribution >= 0.6 is 11.3 Å². The van der Waals surface area contributed by atoms with E-state index >= 15 is 0 Å². The first-order valence-electron chi connectivity index (χ1n) is 8.62. The number of nitrogens with zero attached hydrogens (tertiary/aromatic N) is 3. The Balaban J connectivity index is 1.31. The summed E-state index contributed by atoms with van der Waals surface area (Å²) in [5.41, 5.74) is 1.92. The van der Waals surface area contributed by atoms with Crippen molar-refractivity contribution in [3.63, 3.8) is 0 Å². The molecule has 1 amide bonds. The van der Waals surface area contributed by atoms with Gasteiger partial charge < -0.3 is 10.1 Å². The highest BCUT2D eigenvalue weighted by atomic mass is 32.1. The monoisotopic (exact) mass is 358 g/mol. The highest BCUT2D eigenvalue weighted by molar-refractivity contribution is 7.10. The van der Waals surface area contributed by atoms with Crippen LogP contribution in [0.4, 0.5) is 0 Å². The van der Waals surface area contributed by atoms with Crippen molar-refractivity contribution >= 4 is 17.2 Å². The molecule has 132 valence electrons. The van der Waals surface area contributed by atoms with E-state index in [0.717, 1.165) is 26.2 Å². The molecule has 0 bridgehead atoms. The van der Waals surface area contributed by atoms with Crippen molar-refractivity contribution < 1.29 is 9.53 Å². The molecule has 2 aromatic heterocycles. The van der Waals surface area contributed by atoms with Crippen LogP contribution in [0.2, 0.25) is 0 Å². The molecule has 2 aliphatic heterocycles. The van der Waals surface area contributed by atoms with Gasteiger partial charge in [0.25, 0.3) is 5.91 Å². The third-order valence-electron chi connectivity index (χ3n) is 5.22. The van der Waals surface area contributed by atoms with Gasteiger partial charge in [0.2, 0.25) is 0 Å². The molecular formula is C18H22N4O2S. The van der Waals surface area contributed by atoms with E-state index in [1.807, 2.05) is 11.3 Å². The third-order valence-corrected chi connectivity index (χ3v) is 6.23. The number of ether oxygens (including phenoxy) is 1. The van der Waals surface area contributed by atoms with Gasteiger partial charge in [0, 0.05) is 42.9 Å². The summed E-state index contributed by atoms with van der Waals surface area (Å²) in [5, 5.41) is 12.6. The number of hydrogen-bond acceptors (Lipinski definition) is 6. The van der Waals surface area contributed by atoms with E-state index in [-0.39, 0.29) is 5.91 Å². The Morgan fingerprint density at radius 1 is 1.40 bits per heavy atom. The molecule has 4 heterocycles. The van der Waals surface area contributed by atoms with Gasteiger partial charge in [0.05, 0.1) is 30.7 Å². The maximum absolute atomic E-state index is 12.2. The summed E-state index contributed by atoms with van der Waals surface area (Å²) in [7, 11) is 0. The zero-order chi connectivity index (χ0) is 17.2. The molecule has 0 spiro atoms. The first-order valence-corrected chi connectivity index (χ1v) is 9.50. The van der Waals surface area contributed by atoms with Gasteiger partial charge in [-0.25, -0.2) is 0 Å². The van der Waals surface area contributed by atoms with Crippen molar-refractivity contribution in [1.82, 2.24) is 20.4 Å². The Labute approximate surface area is 151 Å². The van der Waals surface area contributed by atoms with E-state index in [0.29, 0.717) is 30.0 Å². The first kappa shape index (κ1) is 16.6. The smallest absolute Gasteiger partial charge is 0.252 e. The summed E-state index contributed by atoms with van der Waals surface area (Å²) in [4.78, 5) is 16.1. The minimum atomic E-state index is -0.0950. The fourth-order valence-electron chi connectivity index (χ4n) is 3.74. The minimum Gasteiger partial charge on any atom is -0.376 e. The maximum Gasteiger partial charge on any atom is 0.252 e. The molecule has 7 heteroatoms. The summed E-state index contributed by atoms with van der Waals surface area (Å²) in [6.07, 6.45) is 3.32. The molecule has 25 heavy (non-hydrogen) atoms. The highest BCUT2D eigenvalue weighted by Gasteiger charge is 2.43. The molecule has 2 fully saturated rings. The van der Waals surface area contributed by atoms with Gasteiger partial charge in [-0.1, -0.05) is 0 Å². The van der Waals surface area contributed by atoms with Crippen LogP contribution < -0.4 is 5.32 Å². The van der Waals surface area contributed by atoms with E-state index in [9.17, 15) is 4.79 Å². The van der Waals surface area contributed by atoms with E-state index in [4.69, 9.17) is 4.74 Å². The van der Waals surface area contributed by atoms with Crippen LogP contribution in [0.15, 0.2) is 29.9 Å². The molecule has 0 unspecified atom stereocenters. The second-order valence-corrected chi connectivity index (χ2v) is 7.86. The Bertz CT molecular complexity index is 736. The fourth-order valence-corrected chi connectivity index (χ4v) is 4.69. The van der Waals surface area contributed by atoms with Crippen molar-refractivity contribution in [2.24, 2.45) is 11.8 Å². The SMILES string of the molecule is Cc1ccsc1CN1C[C@@H]2[C@H](CNC(=O)c3ccnnc3)CO[C@@H]2C1. The molecule has 3 atom stereocenters. The summed E-state index contributed by atoms with van der Waals surface area (Å²) >= 11 is 1.83. The largest absolute Gasteiger partial charge is 0.376 e. The van der Waals surface area contributed by atoms with E-state index in [1.54, 1.807) is 6.07 Å². The van der Waals surface area contributed by atoms with Crippen LogP contribution in [0.5, 0.6) is 0 Å². The number of hydrogen-bond donors (Lipinski definition) is 1. The van der Waals surface area contributed by atoms with Gasteiger partial charge >= 0.3 is 0 Å². The third kappa shape index (κ3) is 3.58. The van der Waals surface area contributed by atoms with Crippen molar-refractivity contribution in [3.8, 4) is 0 Å². The zero-order valence-electron chi connectivity index (χ0n) is 14.2. The molecule has 0 aromatic carbocycles. The van der Waals surface area contributed by atoms with Gasteiger partial charge in [-0.15, -0.1) is 11.3 Å². The number of fused-ring (bicyclic) bond motifs is 1. The number of carbonyl (C=O) groups excluding carboxylic acids is 1. The normalized spacial score (nSPS) is 25.9. The lowest BCUT2D eigenvalue weighted by atomic mass is 9.93. The number of amides is 1. The first-order chi connectivity index (χ1) is 12.2. The summed E-state index contributed by atoms with van der Waals surface area (Å²) in [6, 6.07) is 3.86. The number of thiophene rings is 1. The average Bonchev–Trinajstić information content (AvgIpc) is 3.31. The number of likely N-dealkylation sites (tertiary alicyclic amines) is 1. The van der Waals surface area contributed by atoms with Crippen molar-refractivity contribution in [3.05, 3.63) is 45.9 Å². The standard InChI is InChI=1S/C18H22N4O2S/c1-12-3-5-25-17(12)10-22-8-15-14(11-24-16(15)9-22)6-19-18(23)13-2-4-20-21-7-13/h2-5,7,14-16H,6,8-11H2,1H3,(H,19,23)/t14-,15-,16-/m1/s1. The lowest BCUT2D eigenvalue weighted by Gasteiger charge is -2.19. The number of aryl methyl sites for hydroxylation is 1. The quantitative estimate of drug-likeness (QED) is 0.882. The molecular weight excluding hydrogens is 336 g/mol. The Kier molecular flexibility index (Phi) is 4.78. The number of carbonyl (C=O) groups is 1. The average molecular weight is 358 g/mol. The number of rotatable bonds is 5. The highest BCUT2D eigenvalue weighted by Crippen LogP contribution is 2.34. The lowest BCUT2D eigenvalue weighted by Crippen LogP contribution is -2.34. The van der Waals surface area contributed by atoms with Crippen LogP contribution in [-0.4, -0.2) is 53.3 Å². The molecule has 1 N–H and O–H groups in total. The van der Waals surface area contributed by atoms with Crippen LogP contribution in [0, 0.1) is 18.8 Å². The van der Waals surface area contributed by atoms with E-state index in [1.165, 1.54) is 22.8 Å². The molecule has 2 aromatic rings. The second-order valence-electron chi connectivity index (χ2n) is 6.86. The van der Waals surface area contributed by atoms with Crippen molar-refractivity contribution in [2.45, 2.75) is 19.6 Å². The maximum atomic E-state index is 12.2. The summed E-state index contributed by atoms with van der Waals surface area (Å²) in [5.74, 6) is 0.775. The van der Waals surface area contributed by atoms with Gasteiger partial charge in [-0.3, -0.25) is 9.69 Å². The molecule has 6 nitrogen and oxygen atoms in total. The number of aromatic nitrogens is 2. The van der Waals surface area contributed by atoms with Crippen molar-refractivity contribution in [2.75, 3.05) is 26.2 Å². The number of nitrogens with one attached hydrogen (secondary N) is 1. The molecule has 0 saturated carbocycles. The molecule has 2 aliphatic rings. The van der Waals surface area contributed by atoms with Crippen LogP contribution in [-0.2, 0) is 11.3 Å². The molecule has 0 radical (unpaired) electrons. The summed E-state index contributed by atoms with van der Waals surface area (Å²) in [6.45, 7) is 6.58. The summed E-state index contributed by atoms with van der Waals surface area (Å²) < 4.78 is 6.00. The minimum absolute atomic E-state index is 0.0950. The van der Waals surface area contributed by atoms with E-state index in [2.05, 4.69) is 38.8 Å². The van der Waals surface area contributed by atoms with Gasteiger partial charge in [-0.05, 0) is 30.0 Å². The van der Waals surface area contributed by atoms with Crippen LogP contribution in [0.3, 0.4) is 0 Å². The predicted octanol–water partition coefficient (Wildman–Crippen LogP) is 1.72. The predicted molar refractivity (Wildman–Crippen MR) is 95.4 cm³/mol. The van der Waals surface area contributed by atoms with Crippen LogP contribution in [0.25, 0.3) is 0 Å². The van der Waals surface area contributed by atoms with Crippen molar-refractivity contribution in [1.29, 1.82) is 0 Å². The Hall–Kier alpha value is -1.83. The van der Waals surface area contributed by atoms with Gasteiger partial charge in [0.15, 0.2) is 0 Å².